The van der Waals surface area contributed by atoms with Crippen LogP contribution in [0.1, 0.15) is 17.5 Å². The average Bonchev–Trinajstić information content (AvgIpc) is 3.30. The lowest BCUT2D eigenvalue weighted by molar-refractivity contribution is -0.00876. The van der Waals surface area contributed by atoms with Crippen LogP contribution in [0.3, 0.4) is 0 Å². The van der Waals surface area contributed by atoms with Gasteiger partial charge in [-0.25, -0.2) is 14.5 Å². The molecular formula is C25H24BN7O. The SMILES string of the molecule is Bc1cc(-c2ccc(N3CC4CC(C3)N4Cc3ccc(OC)nc3)nc2)c2c(C#N)cnn2c1. The number of methoxy groups -OCH3 is 1. The maximum Gasteiger partial charge on any atom is 0.212 e. The molecule has 3 aliphatic heterocycles. The van der Waals surface area contributed by atoms with Crippen LogP contribution >= 0.6 is 0 Å². The quantitative estimate of drug-likeness (QED) is 0.426. The van der Waals surface area contributed by atoms with Crippen LogP contribution < -0.4 is 15.1 Å². The first kappa shape index (κ1) is 20.7. The lowest BCUT2D eigenvalue weighted by atomic mass is 9.87. The number of pyridine rings is 3. The minimum atomic E-state index is 0.531. The van der Waals surface area contributed by atoms with Gasteiger partial charge in [-0.1, -0.05) is 17.6 Å². The zero-order chi connectivity index (χ0) is 23.2. The molecule has 0 amide bonds. The summed E-state index contributed by atoms with van der Waals surface area (Å²) in [6.07, 6.45) is 8.62. The van der Waals surface area contributed by atoms with Crippen LogP contribution in [0.15, 0.2) is 55.1 Å². The third-order valence-electron chi connectivity index (χ3n) is 6.97. The van der Waals surface area contributed by atoms with E-state index in [0.29, 0.717) is 23.5 Å². The summed E-state index contributed by atoms with van der Waals surface area (Å²) in [5, 5.41) is 13.8. The summed E-state index contributed by atoms with van der Waals surface area (Å²) in [5.74, 6) is 1.65. The van der Waals surface area contributed by atoms with E-state index in [4.69, 9.17) is 9.72 Å². The highest BCUT2D eigenvalue weighted by molar-refractivity contribution is 6.32. The first-order chi connectivity index (χ1) is 16.6. The van der Waals surface area contributed by atoms with Crippen molar-refractivity contribution < 1.29 is 4.74 Å². The van der Waals surface area contributed by atoms with E-state index in [9.17, 15) is 5.26 Å². The highest BCUT2D eigenvalue weighted by Crippen LogP contribution is 2.36. The molecule has 0 spiro atoms. The maximum absolute atomic E-state index is 9.51. The molecule has 3 fully saturated rings. The predicted octanol–water partition coefficient (Wildman–Crippen LogP) is 1.39. The van der Waals surface area contributed by atoms with Crippen molar-refractivity contribution in [3.05, 3.63) is 66.2 Å². The molecule has 7 rings (SSSR count). The molecule has 0 aliphatic carbocycles. The molecule has 7 heterocycles. The highest BCUT2D eigenvalue weighted by atomic mass is 16.5. The van der Waals surface area contributed by atoms with Crippen LogP contribution in [0, 0.1) is 11.3 Å². The molecule has 3 saturated heterocycles. The molecule has 8 nitrogen and oxygen atoms in total. The largest absolute Gasteiger partial charge is 0.481 e. The van der Waals surface area contributed by atoms with Gasteiger partial charge in [0.2, 0.25) is 5.88 Å². The second kappa shape index (κ2) is 8.15. The summed E-state index contributed by atoms with van der Waals surface area (Å²) in [7, 11) is 3.67. The van der Waals surface area contributed by atoms with Gasteiger partial charge < -0.3 is 9.64 Å². The Morgan fingerprint density at radius 2 is 1.97 bits per heavy atom. The van der Waals surface area contributed by atoms with Crippen molar-refractivity contribution in [3.8, 4) is 23.1 Å². The fraction of sp³-hybridized carbons (Fsp3) is 0.280. The number of nitrogens with zero attached hydrogens (tertiary/aromatic N) is 7. The van der Waals surface area contributed by atoms with Crippen molar-refractivity contribution in [1.82, 2.24) is 24.5 Å². The summed E-state index contributed by atoms with van der Waals surface area (Å²) < 4.78 is 6.95. The van der Waals surface area contributed by atoms with Crippen LogP contribution in [0.4, 0.5) is 5.82 Å². The molecule has 168 valence electrons. The van der Waals surface area contributed by atoms with Crippen LogP contribution in [0.5, 0.6) is 5.88 Å². The van der Waals surface area contributed by atoms with Gasteiger partial charge in [0.1, 0.15) is 19.7 Å². The Kier molecular flexibility index (Phi) is 4.96. The van der Waals surface area contributed by atoms with Gasteiger partial charge in [-0.15, -0.1) is 0 Å². The van der Waals surface area contributed by atoms with Gasteiger partial charge in [0.05, 0.1) is 24.4 Å². The van der Waals surface area contributed by atoms with E-state index in [-0.39, 0.29) is 0 Å². The third-order valence-corrected chi connectivity index (χ3v) is 6.97. The number of hydrogen-bond acceptors (Lipinski definition) is 7. The lowest BCUT2D eigenvalue weighted by Crippen LogP contribution is -2.68. The van der Waals surface area contributed by atoms with Crippen LogP contribution in [-0.4, -0.2) is 64.6 Å². The van der Waals surface area contributed by atoms with E-state index in [1.54, 1.807) is 17.8 Å². The number of piperidine rings is 1. The van der Waals surface area contributed by atoms with Gasteiger partial charge in [0, 0.05) is 67.5 Å². The van der Waals surface area contributed by atoms with E-state index >= 15 is 0 Å². The Hall–Kier alpha value is -3.90. The number of anilines is 1. The molecular weight excluding hydrogens is 425 g/mol. The van der Waals surface area contributed by atoms with Crippen molar-refractivity contribution in [2.75, 3.05) is 25.1 Å². The maximum atomic E-state index is 9.51. The van der Waals surface area contributed by atoms with Crippen molar-refractivity contribution in [1.29, 1.82) is 5.26 Å². The number of ether oxygens (including phenoxy) is 1. The van der Waals surface area contributed by atoms with Crippen LogP contribution in [0.2, 0.25) is 0 Å². The number of piperazine rings is 1. The molecule has 34 heavy (non-hydrogen) atoms. The van der Waals surface area contributed by atoms with Gasteiger partial charge in [0.15, 0.2) is 0 Å². The molecule has 4 aromatic heterocycles. The van der Waals surface area contributed by atoms with E-state index in [1.807, 2.05) is 32.5 Å². The molecule has 2 unspecified atom stereocenters. The van der Waals surface area contributed by atoms with Gasteiger partial charge in [-0.05, 0) is 24.1 Å². The van der Waals surface area contributed by atoms with Crippen molar-refractivity contribution in [2.24, 2.45) is 0 Å². The van der Waals surface area contributed by atoms with Gasteiger partial charge in [-0.2, -0.15) is 10.4 Å². The molecule has 0 N–H and O–H groups in total. The second-order valence-electron chi connectivity index (χ2n) is 9.13. The van der Waals surface area contributed by atoms with E-state index in [1.165, 1.54) is 12.0 Å². The molecule has 0 radical (unpaired) electrons. The summed E-state index contributed by atoms with van der Waals surface area (Å²) in [5.41, 5.74) is 5.67. The number of rotatable bonds is 5. The van der Waals surface area contributed by atoms with Gasteiger partial charge in [-0.3, -0.25) is 4.90 Å². The first-order valence-electron chi connectivity index (χ1n) is 11.5. The van der Waals surface area contributed by atoms with Crippen molar-refractivity contribution >= 4 is 24.6 Å². The van der Waals surface area contributed by atoms with Gasteiger partial charge >= 0.3 is 0 Å². The summed E-state index contributed by atoms with van der Waals surface area (Å²) in [4.78, 5) is 14.1. The smallest absolute Gasteiger partial charge is 0.212 e. The minimum absolute atomic E-state index is 0.531. The Morgan fingerprint density at radius 3 is 2.65 bits per heavy atom. The zero-order valence-corrected chi connectivity index (χ0v) is 19.2. The molecule has 4 aromatic rings. The molecule has 0 saturated carbocycles. The normalized spacial score (nSPS) is 19.6. The Balaban J connectivity index is 1.18. The Bertz CT molecular complexity index is 1380. The summed E-state index contributed by atoms with van der Waals surface area (Å²) >= 11 is 0. The van der Waals surface area contributed by atoms with Gasteiger partial charge in [0.25, 0.3) is 0 Å². The van der Waals surface area contributed by atoms with Crippen LogP contribution in [0.25, 0.3) is 16.6 Å². The number of nitriles is 1. The monoisotopic (exact) mass is 449 g/mol. The van der Waals surface area contributed by atoms with E-state index in [2.05, 4.69) is 50.2 Å². The Labute approximate surface area is 198 Å². The number of hydrogen-bond donors (Lipinski definition) is 0. The fourth-order valence-electron chi connectivity index (χ4n) is 5.26. The topological polar surface area (TPSA) is 82.6 Å². The molecule has 3 aliphatic rings. The highest BCUT2D eigenvalue weighted by Gasteiger charge is 2.44. The average molecular weight is 449 g/mol. The van der Waals surface area contributed by atoms with Crippen molar-refractivity contribution in [3.63, 3.8) is 0 Å². The first-order valence-corrected chi connectivity index (χ1v) is 11.5. The predicted molar refractivity (Wildman–Crippen MR) is 132 cm³/mol. The third kappa shape index (κ3) is 3.47. The summed E-state index contributed by atoms with van der Waals surface area (Å²) in [6.45, 7) is 2.87. The molecule has 0 aromatic carbocycles. The summed E-state index contributed by atoms with van der Waals surface area (Å²) in [6, 6.07) is 13.6. The molecule has 2 bridgehead atoms. The molecule has 2 atom stereocenters. The second-order valence-corrected chi connectivity index (χ2v) is 9.13. The Morgan fingerprint density at radius 1 is 1.12 bits per heavy atom. The van der Waals surface area contributed by atoms with Crippen LogP contribution in [-0.2, 0) is 6.54 Å². The fourth-order valence-corrected chi connectivity index (χ4v) is 5.26. The lowest BCUT2D eigenvalue weighted by Gasteiger charge is -2.56. The molecule has 9 heteroatoms. The van der Waals surface area contributed by atoms with Crippen molar-refractivity contribution in [2.45, 2.75) is 25.0 Å². The number of aromatic nitrogens is 4. The minimum Gasteiger partial charge on any atom is -0.481 e. The van der Waals surface area contributed by atoms with E-state index < -0.39 is 0 Å². The standard InChI is InChI=1S/C25H24BN7O/c1-34-24-5-2-16(9-29-24)12-32-20-7-21(32)15-31(14-20)23-4-3-17(10-28-23)22-6-19(26)13-33-25(22)18(8-27)11-30-33/h2-6,9-11,13,20-21H,7,12,14-15,26H2,1H3. The number of fused-ring (bicyclic) bond motifs is 3. The van der Waals surface area contributed by atoms with E-state index in [0.717, 1.165) is 47.6 Å². The zero-order valence-electron chi connectivity index (χ0n) is 19.2.